The van der Waals surface area contributed by atoms with E-state index in [-0.39, 0.29) is 5.78 Å². The molecule has 1 N–H and O–H groups in total. The summed E-state index contributed by atoms with van der Waals surface area (Å²) in [5.41, 5.74) is 0.546. The number of anilines is 1. The maximum Gasteiger partial charge on any atom is 0.168 e. The number of fused-ring (bicyclic) bond motifs is 1. The zero-order valence-corrected chi connectivity index (χ0v) is 11.7. The lowest BCUT2D eigenvalue weighted by Crippen LogP contribution is -2.42. The molecule has 0 unspecified atom stereocenters. The van der Waals surface area contributed by atoms with Gasteiger partial charge < -0.3 is 10.0 Å². The van der Waals surface area contributed by atoms with Gasteiger partial charge in [-0.15, -0.1) is 0 Å². The van der Waals surface area contributed by atoms with Crippen LogP contribution in [0.1, 0.15) is 37.0 Å². The first-order valence-corrected chi connectivity index (χ1v) is 6.79. The van der Waals surface area contributed by atoms with Gasteiger partial charge in [-0.3, -0.25) is 4.79 Å². The standard InChI is InChI=1S/C14H18N4O2/c1-10(19)11-9-15-18-6-3-12(16-13(11)18)17-7-4-14(2,20)5-8-17/h3,6,9,20H,4-5,7-8H2,1-2H3. The van der Waals surface area contributed by atoms with Crippen molar-refractivity contribution >= 4 is 17.2 Å². The number of hydrogen-bond donors (Lipinski definition) is 1. The molecule has 0 bridgehead atoms. The molecule has 1 aliphatic rings. The maximum absolute atomic E-state index is 11.6. The number of rotatable bonds is 2. The molecule has 0 amide bonds. The zero-order chi connectivity index (χ0) is 14.3. The highest BCUT2D eigenvalue weighted by atomic mass is 16.3. The van der Waals surface area contributed by atoms with E-state index in [0.717, 1.165) is 31.7 Å². The number of carbonyl (C=O) groups is 1. The monoisotopic (exact) mass is 274 g/mol. The first-order chi connectivity index (χ1) is 9.46. The van der Waals surface area contributed by atoms with Crippen molar-refractivity contribution in [1.82, 2.24) is 14.6 Å². The van der Waals surface area contributed by atoms with E-state index in [1.54, 1.807) is 10.7 Å². The minimum atomic E-state index is -0.582. The van der Waals surface area contributed by atoms with Crippen LogP contribution < -0.4 is 4.90 Å². The number of aliphatic hydroxyl groups is 1. The second-order valence-electron chi connectivity index (χ2n) is 5.65. The quantitative estimate of drug-likeness (QED) is 0.835. The Hall–Kier alpha value is -1.95. The van der Waals surface area contributed by atoms with Gasteiger partial charge in [0.05, 0.1) is 17.4 Å². The van der Waals surface area contributed by atoms with Crippen LogP contribution in [0.3, 0.4) is 0 Å². The van der Waals surface area contributed by atoms with Gasteiger partial charge in [-0.2, -0.15) is 5.10 Å². The third-order valence-corrected chi connectivity index (χ3v) is 3.90. The maximum atomic E-state index is 11.6. The predicted molar refractivity (Wildman–Crippen MR) is 75.1 cm³/mol. The van der Waals surface area contributed by atoms with Crippen molar-refractivity contribution in [2.45, 2.75) is 32.3 Å². The van der Waals surface area contributed by atoms with Gasteiger partial charge >= 0.3 is 0 Å². The topological polar surface area (TPSA) is 70.7 Å². The van der Waals surface area contributed by atoms with Gasteiger partial charge in [-0.1, -0.05) is 0 Å². The average molecular weight is 274 g/mol. The molecule has 106 valence electrons. The molecule has 0 aromatic carbocycles. The van der Waals surface area contributed by atoms with Crippen LogP contribution in [0.15, 0.2) is 18.5 Å². The highest BCUT2D eigenvalue weighted by Crippen LogP contribution is 2.25. The molecule has 1 saturated heterocycles. The fourth-order valence-electron chi connectivity index (χ4n) is 2.50. The number of hydrogen-bond acceptors (Lipinski definition) is 5. The predicted octanol–water partition coefficient (Wildman–Crippen LogP) is 1.28. The van der Waals surface area contributed by atoms with Crippen molar-refractivity contribution < 1.29 is 9.90 Å². The van der Waals surface area contributed by atoms with Crippen molar-refractivity contribution in [3.8, 4) is 0 Å². The van der Waals surface area contributed by atoms with Crippen molar-refractivity contribution in [3.63, 3.8) is 0 Å². The summed E-state index contributed by atoms with van der Waals surface area (Å²) in [6, 6.07) is 1.89. The van der Waals surface area contributed by atoms with Crippen molar-refractivity contribution in [3.05, 3.63) is 24.0 Å². The first kappa shape index (κ1) is 13.1. The summed E-state index contributed by atoms with van der Waals surface area (Å²) in [6.45, 7) is 4.91. The minimum absolute atomic E-state index is 0.0359. The fourth-order valence-corrected chi connectivity index (χ4v) is 2.50. The molecule has 0 aliphatic carbocycles. The summed E-state index contributed by atoms with van der Waals surface area (Å²) in [6.07, 6.45) is 4.81. The largest absolute Gasteiger partial charge is 0.390 e. The Balaban J connectivity index is 1.93. The fraction of sp³-hybridized carbons (Fsp3) is 0.500. The summed E-state index contributed by atoms with van der Waals surface area (Å²) in [5, 5.41) is 14.1. The number of nitrogens with zero attached hydrogens (tertiary/aromatic N) is 4. The molecule has 1 aliphatic heterocycles. The van der Waals surface area contributed by atoms with E-state index in [4.69, 9.17) is 0 Å². The Labute approximate surface area is 117 Å². The van der Waals surface area contributed by atoms with E-state index < -0.39 is 5.60 Å². The molecular weight excluding hydrogens is 256 g/mol. The van der Waals surface area contributed by atoms with Crippen LogP contribution in [0.4, 0.5) is 5.82 Å². The van der Waals surface area contributed by atoms with E-state index in [1.165, 1.54) is 6.92 Å². The molecule has 0 atom stereocenters. The number of aromatic nitrogens is 3. The average Bonchev–Trinajstić information content (AvgIpc) is 2.81. The number of carbonyl (C=O) groups excluding carboxylic acids is 1. The van der Waals surface area contributed by atoms with Crippen LogP contribution in [0.2, 0.25) is 0 Å². The molecule has 0 spiro atoms. The number of piperidine rings is 1. The van der Waals surface area contributed by atoms with Crippen molar-refractivity contribution in [1.29, 1.82) is 0 Å². The third-order valence-electron chi connectivity index (χ3n) is 3.90. The normalized spacial score (nSPS) is 18.4. The van der Waals surface area contributed by atoms with Crippen LogP contribution in [-0.4, -0.2) is 44.2 Å². The van der Waals surface area contributed by atoms with Gasteiger partial charge in [0.2, 0.25) is 0 Å². The van der Waals surface area contributed by atoms with Crippen LogP contribution in [0.25, 0.3) is 5.65 Å². The first-order valence-electron chi connectivity index (χ1n) is 6.79. The van der Waals surface area contributed by atoms with E-state index in [9.17, 15) is 9.90 Å². The molecule has 0 saturated carbocycles. The number of Topliss-reactive ketones (excluding diaryl/α,β-unsaturated/α-hetero) is 1. The van der Waals surface area contributed by atoms with Gasteiger partial charge in [0.15, 0.2) is 11.4 Å². The van der Waals surface area contributed by atoms with Crippen LogP contribution >= 0.6 is 0 Å². The second kappa shape index (κ2) is 4.56. The van der Waals surface area contributed by atoms with E-state index in [1.807, 2.05) is 19.2 Å². The molecular formula is C14H18N4O2. The lowest BCUT2D eigenvalue weighted by Gasteiger charge is -2.36. The second-order valence-corrected chi connectivity index (χ2v) is 5.65. The lowest BCUT2D eigenvalue weighted by atomic mass is 9.94. The van der Waals surface area contributed by atoms with Crippen molar-refractivity contribution in [2.75, 3.05) is 18.0 Å². The highest BCUT2D eigenvalue weighted by molar-refractivity contribution is 5.99. The van der Waals surface area contributed by atoms with Gasteiger partial charge in [-0.05, 0) is 32.8 Å². The van der Waals surface area contributed by atoms with Gasteiger partial charge in [0.25, 0.3) is 0 Å². The lowest BCUT2D eigenvalue weighted by molar-refractivity contribution is 0.0350. The highest BCUT2D eigenvalue weighted by Gasteiger charge is 2.28. The molecule has 3 rings (SSSR count). The van der Waals surface area contributed by atoms with E-state index in [2.05, 4.69) is 15.0 Å². The van der Waals surface area contributed by atoms with Gasteiger partial charge in [-0.25, -0.2) is 9.50 Å². The Kier molecular flexibility index (Phi) is 2.97. The number of ketones is 1. The zero-order valence-electron chi connectivity index (χ0n) is 11.7. The molecule has 2 aromatic heterocycles. The Morgan fingerprint density at radius 3 is 2.75 bits per heavy atom. The molecule has 2 aromatic rings. The SMILES string of the molecule is CC(=O)c1cnn2ccc(N3CCC(C)(O)CC3)nc12. The molecule has 0 radical (unpaired) electrons. The van der Waals surface area contributed by atoms with Crippen LogP contribution in [0, 0.1) is 0 Å². The van der Waals surface area contributed by atoms with Gasteiger partial charge in [0.1, 0.15) is 5.82 Å². The smallest absolute Gasteiger partial charge is 0.168 e. The summed E-state index contributed by atoms with van der Waals surface area (Å²) in [7, 11) is 0. The van der Waals surface area contributed by atoms with Gasteiger partial charge in [0, 0.05) is 19.3 Å². The van der Waals surface area contributed by atoms with E-state index in [0.29, 0.717) is 11.2 Å². The van der Waals surface area contributed by atoms with E-state index >= 15 is 0 Å². The summed E-state index contributed by atoms with van der Waals surface area (Å²) >= 11 is 0. The Morgan fingerprint density at radius 2 is 2.10 bits per heavy atom. The molecule has 6 nitrogen and oxygen atoms in total. The Bertz CT molecular complexity index is 652. The summed E-state index contributed by atoms with van der Waals surface area (Å²) < 4.78 is 1.61. The minimum Gasteiger partial charge on any atom is -0.390 e. The molecule has 6 heteroatoms. The Morgan fingerprint density at radius 1 is 1.40 bits per heavy atom. The van der Waals surface area contributed by atoms with Crippen molar-refractivity contribution in [2.24, 2.45) is 0 Å². The summed E-state index contributed by atoms with van der Waals surface area (Å²) in [4.78, 5) is 18.2. The summed E-state index contributed by atoms with van der Waals surface area (Å²) in [5.74, 6) is 0.794. The van der Waals surface area contributed by atoms with Crippen LogP contribution in [0.5, 0.6) is 0 Å². The van der Waals surface area contributed by atoms with Crippen LogP contribution in [-0.2, 0) is 0 Å². The molecule has 1 fully saturated rings. The third kappa shape index (κ3) is 2.27. The molecule has 3 heterocycles. The molecule has 20 heavy (non-hydrogen) atoms.